The average Bonchev–Trinajstić information content (AvgIpc) is 1.79. The molecule has 36 nitrogen and oxygen atoms in total. The van der Waals surface area contributed by atoms with Crippen LogP contribution in [0.15, 0.2) is 147 Å². The highest BCUT2D eigenvalue weighted by atomic mass is 32.2. The Morgan fingerprint density at radius 3 is 0.969 bits per heavy atom. The molecule has 0 aliphatic carbocycles. The maximum atomic E-state index is 13.3. The van der Waals surface area contributed by atoms with E-state index in [1.54, 1.807) is 53.7 Å². The molecule has 2 atom stereocenters. The van der Waals surface area contributed by atoms with Gasteiger partial charge < -0.3 is 39.4 Å². The number of carbonyl (C=O) groups excluding carboxylic acids is 11. The number of thioether (sulfide) groups is 5. The van der Waals surface area contributed by atoms with Gasteiger partial charge >= 0.3 is 17.9 Å². The third-order valence-electron chi connectivity index (χ3n) is 23.0. The number of esters is 1. The van der Waals surface area contributed by atoms with Crippen molar-refractivity contribution in [3.63, 3.8) is 0 Å². The number of fused-ring (bicyclic) bond motifs is 5. The summed E-state index contributed by atoms with van der Waals surface area (Å²) in [7, 11) is 0. The van der Waals surface area contributed by atoms with Gasteiger partial charge in [-0.05, 0) is 235 Å². The van der Waals surface area contributed by atoms with E-state index in [0.717, 1.165) is 193 Å². The molecule has 2 unspecified atom stereocenters. The molecule has 0 spiro atoms. The van der Waals surface area contributed by atoms with Crippen LogP contribution in [0.3, 0.4) is 0 Å². The molecule has 656 valence electrons. The third kappa shape index (κ3) is 20.2. The fourth-order valence-electron chi connectivity index (χ4n) is 16.5. The number of rotatable bonds is 14. The van der Waals surface area contributed by atoms with E-state index in [1.807, 2.05) is 83.8 Å². The molecule has 10 fully saturated rings. The third-order valence-corrected chi connectivity index (χ3v) is 27.1. The molecule has 10 amide bonds. The Balaban J connectivity index is 0.000000128. The van der Waals surface area contributed by atoms with Gasteiger partial charge in [0, 0.05) is 98.7 Å². The SMILES string of the molecule is CC1CCN(c2ncnc3ccc(C=C4SC(=O)NC4=O)cc23)CC1.O=C1NC(=O)C(=Cc2ccc3ncnc(N4CCC(OC(=O)C5CCN(c6ncnc7ccc(C=C8SC(=O)NC8=O)cc67)CC5)CC4)c3c2)S1.O=C1NC(=O)C(=Cc2ccc3ncnc(N4CCCC(C(=O)O)C4)c3c2)S1.O=C1NC(=O)C(=Cc2ccc3ncnc(N4CCCC4C(=O)O)c3c2)S1. The van der Waals surface area contributed by atoms with Crippen LogP contribution in [-0.4, -0.2) is 205 Å². The van der Waals surface area contributed by atoms with E-state index < -0.39 is 52.8 Å². The Morgan fingerprint density at radius 1 is 0.349 bits per heavy atom. The van der Waals surface area contributed by atoms with Crippen LogP contribution in [0.25, 0.3) is 84.9 Å². The van der Waals surface area contributed by atoms with Crippen LogP contribution in [0.1, 0.15) is 98.9 Å². The van der Waals surface area contributed by atoms with Crippen LogP contribution in [0.5, 0.6) is 0 Å². The summed E-state index contributed by atoms with van der Waals surface area (Å²) >= 11 is 4.39. The monoisotopic (exact) mass is 1830 g/mol. The highest BCUT2D eigenvalue weighted by Gasteiger charge is 2.37. The number of nitrogens with one attached hydrogen (secondary N) is 5. The number of carbonyl (C=O) groups is 13. The number of hydrogen-bond donors (Lipinski definition) is 7. The van der Waals surface area contributed by atoms with Crippen LogP contribution in [0.2, 0.25) is 0 Å². The summed E-state index contributed by atoms with van der Waals surface area (Å²) in [5.74, 6) is 0.0315. The first-order chi connectivity index (χ1) is 62.4. The van der Waals surface area contributed by atoms with Crippen molar-refractivity contribution in [1.82, 2.24) is 76.4 Å². The van der Waals surface area contributed by atoms with Gasteiger partial charge in [0.05, 0.1) is 63.9 Å². The van der Waals surface area contributed by atoms with Crippen LogP contribution in [0.4, 0.5) is 53.1 Å². The number of carboxylic acid groups (broad SMARTS) is 2. The summed E-state index contributed by atoms with van der Waals surface area (Å²) in [6.45, 7) is 8.57. The minimum absolute atomic E-state index is 0.172. The Morgan fingerprint density at radius 2 is 0.651 bits per heavy atom. The Bertz CT molecular complexity index is 6530. The van der Waals surface area contributed by atoms with Crippen molar-refractivity contribution in [2.24, 2.45) is 17.8 Å². The van der Waals surface area contributed by atoms with Gasteiger partial charge in [0.15, 0.2) is 0 Å². The number of aromatic nitrogens is 10. The molecule has 5 aromatic heterocycles. The number of anilines is 5. The molecule has 129 heavy (non-hydrogen) atoms. The van der Waals surface area contributed by atoms with E-state index in [-0.39, 0.29) is 44.9 Å². The lowest BCUT2D eigenvalue weighted by Crippen LogP contribution is -2.41. The lowest BCUT2D eigenvalue weighted by Gasteiger charge is -2.35. The van der Waals surface area contributed by atoms with Crippen molar-refractivity contribution in [2.45, 2.75) is 83.3 Å². The number of aliphatic carboxylic acids is 2. The van der Waals surface area contributed by atoms with Crippen molar-refractivity contribution in [1.29, 1.82) is 0 Å². The second-order valence-corrected chi connectivity index (χ2v) is 36.6. The fraction of sp³-hybridized carbons (Fsp3) is 0.284. The zero-order valence-corrected chi connectivity index (χ0v) is 72.7. The quantitative estimate of drug-likeness (QED) is 0.0393. The largest absolute Gasteiger partial charge is 0.481 e. The van der Waals surface area contributed by atoms with Gasteiger partial charge in [-0.15, -0.1) is 0 Å². The number of imide groups is 5. The topological polar surface area (TPSA) is 477 Å². The average molecular weight is 1830 g/mol. The first-order valence-corrected chi connectivity index (χ1v) is 45.4. The van der Waals surface area contributed by atoms with Gasteiger partial charge in [-0.1, -0.05) is 37.3 Å². The molecule has 10 aliphatic rings. The summed E-state index contributed by atoms with van der Waals surface area (Å²) in [5, 5.41) is 32.3. The van der Waals surface area contributed by atoms with Crippen LogP contribution in [0, 0.1) is 17.8 Å². The maximum absolute atomic E-state index is 13.3. The highest BCUT2D eigenvalue weighted by molar-refractivity contribution is 8.19. The molecule has 5 aromatic carbocycles. The van der Waals surface area contributed by atoms with E-state index in [1.165, 1.54) is 25.3 Å². The number of carboxylic acids is 2. The predicted octanol–water partition coefficient (Wildman–Crippen LogP) is 12.1. The molecule has 10 aliphatic heterocycles. The molecule has 0 bridgehead atoms. The second kappa shape index (κ2) is 38.5. The molecule has 20 rings (SSSR count). The van der Waals surface area contributed by atoms with Crippen LogP contribution < -0.4 is 51.1 Å². The molecule has 10 aromatic rings. The smallest absolute Gasteiger partial charge is 0.326 e. The van der Waals surface area contributed by atoms with Gasteiger partial charge in [0.1, 0.15) is 72.9 Å². The van der Waals surface area contributed by atoms with Gasteiger partial charge in [-0.25, -0.2) is 54.6 Å². The summed E-state index contributed by atoms with van der Waals surface area (Å²) in [6, 6.07) is 27.4. The summed E-state index contributed by atoms with van der Waals surface area (Å²) in [5.41, 5.74) is 7.69. The molecule has 41 heteroatoms. The van der Waals surface area contributed by atoms with Crippen molar-refractivity contribution >= 4 is 246 Å². The molecule has 7 N–H and O–H groups in total. The summed E-state index contributed by atoms with van der Waals surface area (Å²) in [6.07, 6.45) is 23.5. The Labute approximate surface area is 754 Å². The van der Waals surface area contributed by atoms with Gasteiger partial charge in [-0.3, -0.25) is 84.1 Å². The zero-order valence-electron chi connectivity index (χ0n) is 68.6. The van der Waals surface area contributed by atoms with Crippen molar-refractivity contribution in [3.05, 3.63) is 175 Å². The zero-order chi connectivity index (χ0) is 89.7. The number of piperidine rings is 4. The normalized spacial score (nSPS) is 21.0. The lowest BCUT2D eigenvalue weighted by atomic mass is 9.96. The summed E-state index contributed by atoms with van der Waals surface area (Å²) < 4.78 is 6.04. The standard InChI is InChI=1S/C35H30N8O6S2.C18H16N4O4S.C18H18N4O2S.C17H14N4O4S/c44-31-27(50-34(47)40-31)15-19-1-3-25-23(13-19)29(38-17-36-25)42-9-5-21(6-10-42)33(46)49-22-7-11-43(12-8-22)30-24-14-20(2-4-26(24)37-18-39-30)16-28-32(45)41-35(48)51-28;23-16-14(27-18(26)21-16)7-10-3-4-13-12(6-10)15(20-9-19-13)22-5-1-2-11(8-22)17(24)25;1-11-4-6-22(7-5-11)16-13-8-12(2-3-14(13)19-10-20-16)9-15-17(23)21-18(24)25-15;22-15-13(26-17(25)20-15)7-9-3-4-11-10(6-9)14(19-8-18-11)21-5-1-2-12(21)16(23)24/h1-4,13-18,21-22H,5-12H2,(H,40,44,47)(H,41,45,48);3-4,6-7,9,11H,1-2,5,8H2,(H,24,25)(H,21,23,26);2-3,8-11H,4-7H2,1H3,(H,21,23,24);3-4,6-8,12H,1-2,5H2,(H,23,24)(H,20,22,25). The van der Waals surface area contributed by atoms with Crippen molar-refractivity contribution < 1.29 is 77.3 Å². The highest BCUT2D eigenvalue weighted by Crippen LogP contribution is 2.39. The Kier molecular flexibility index (Phi) is 26.1. The van der Waals surface area contributed by atoms with E-state index in [9.17, 15) is 72.5 Å². The van der Waals surface area contributed by atoms with Crippen molar-refractivity contribution in [3.8, 4) is 0 Å². The molecule has 0 saturated carbocycles. The molecule has 15 heterocycles. The van der Waals surface area contributed by atoms with E-state index in [2.05, 4.69) is 98.0 Å². The molecular formula is C88H78N20O16S5. The minimum atomic E-state index is -0.870. The van der Waals surface area contributed by atoms with E-state index >= 15 is 0 Å². The molecule has 10 saturated heterocycles. The van der Waals surface area contributed by atoms with Gasteiger partial charge in [0.2, 0.25) is 0 Å². The number of hydrogen-bond acceptors (Lipinski definition) is 34. The number of benzene rings is 5. The molecular weight excluding hydrogens is 1750 g/mol. The van der Waals surface area contributed by atoms with Gasteiger partial charge in [-0.2, -0.15) is 0 Å². The van der Waals surface area contributed by atoms with Crippen LogP contribution >= 0.6 is 58.8 Å². The number of nitrogens with zero attached hydrogens (tertiary/aromatic N) is 15. The van der Waals surface area contributed by atoms with Gasteiger partial charge in [0.25, 0.3) is 55.7 Å². The fourth-order valence-corrected chi connectivity index (χ4v) is 19.9. The second-order valence-electron chi connectivity index (χ2n) is 31.5. The Hall–Kier alpha value is -13.6. The number of ether oxygens (including phenoxy) is 1. The minimum Gasteiger partial charge on any atom is -0.481 e. The lowest BCUT2D eigenvalue weighted by molar-refractivity contribution is -0.155. The maximum Gasteiger partial charge on any atom is 0.326 e. The predicted molar refractivity (Wildman–Crippen MR) is 491 cm³/mol. The number of amides is 10. The first-order valence-electron chi connectivity index (χ1n) is 41.3. The summed E-state index contributed by atoms with van der Waals surface area (Å²) in [4.78, 5) is 209. The van der Waals surface area contributed by atoms with Crippen LogP contribution in [-0.2, 0) is 43.1 Å². The van der Waals surface area contributed by atoms with E-state index in [0.29, 0.717) is 130 Å². The van der Waals surface area contributed by atoms with E-state index in [4.69, 9.17) is 4.74 Å². The van der Waals surface area contributed by atoms with Crippen molar-refractivity contribution in [2.75, 3.05) is 83.4 Å². The first kappa shape index (κ1) is 87.4. The molecule has 0 radical (unpaired) electrons.